The van der Waals surface area contributed by atoms with Gasteiger partial charge in [0.25, 0.3) is 5.78 Å². The number of carbonyl (C=O) groups is 2. The first-order valence-corrected chi connectivity index (χ1v) is 15.4. The minimum absolute atomic E-state index is 0.00995. The van der Waals surface area contributed by atoms with Gasteiger partial charge < -0.3 is 9.84 Å². The van der Waals surface area contributed by atoms with Gasteiger partial charge in [-0.1, -0.05) is 101 Å². The highest BCUT2D eigenvalue weighted by Crippen LogP contribution is 2.45. The van der Waals surface area contributed by atoms with Crippen LogP contribution >= 0.6 is 23.1 Å². The highest BCUT2D eigenvalue weighted by atomic mass is 32.2. The van der Waals surface area contributed by atoms with Crippen molar-refractivity contribution >= 4 is 45.7 Å². The SMILES string of the molecule is Cc1ccc(C)c(C(O)=C2C(=O)C(=O)N(c3nnc(SCc4ccccc4)s3)C2c2cccc(Oc3ccccc3)c2)c1. The lowest BCUT2D eigenvalue weighted by Crippen LogP contribution is -2.29. The standard InChI is InChI=1S/C34H27N3O4S2/c1-21-16-17-22(2)27(18-21)30(38)28-29(24-12-9-15-26(19-24)41-25-13-7-4-8-14-25)37(32(40)31(28)39)33-35-36-34(43-33)42-20-23-10-5-3-6-11-23/h3-19,29,38H,20H2,1-2H3. The van der Waals surface area contributed by atoms with E-state index < -0.39 is 17.7 Å². The second kappa shape index (κ2) is 12.2. The average molecular weight is 606 g/mol. The Hall–Kier alpha value is -4.73. The molecular formula is C34H27N3O4S2. The normalized spacial score (nSPS) is 16.0. The smallest absolute Gasteiger partial charge is 0.301 e. The number of carbonyl (C=O) groups excluding carboxylic acids is 2. The van der Waals surface area contributed by atoms with Gasteiger partial charge in [-0.15, -0.1) is 10.2 Å². The number of benzene rings is 4. The summed E-state index contributed by atoms with van der Waals surface area (Å²) in [5.41, 5.74) is 3.91. The van der Waals surface area contributed by atoms with Crippen molar-refractivity contribution in [2.45, 2.75) is 30.0 Å². The van der Waals surface area contributed by atoms with Gasteiger partial charge in [0.2, 0.25) is 5.13 Å². The summed E-state index contributed by atoms with van der Waals surface area (Å²) in [5, 5.41) is 20.6. The predicted molar refractivity (Wildman–Crippen MR) is 170 cm³/mol. The molecule has 43 heavy (non-hydrogen) atoms. The number of para-hydroxylation sites is 1. The monoisotopic (exact) mass is 605 g/mol. The van der Waals surface area contributed by atoms with Crippen LogP contribution in [0.2, 0.25) is 0 Å². The average Bonchev–Trinajstić information content (AvgIpc) is 3.60. The molecule has 1 fully saturated rings. The number of nitrogens with zero attached hydrogens (tertiary/aromatic N) is 3. The molecule has 0 bridgehead atoms. The first-order valence-electron chi connectivity index (χ1n) is 13.6. The third-order valence-corrected chi connectivity index (χ3v) is 9.18. The zero-order chi connectivity index (χ0) is 29.9. The van der Waals surface area contributed by atoms with Crippen LogP contribution in [0.1, 0.15) is 33.9 Å². The molecule has 1 aliphatic heterocycles. The van der Waals surface area contributed by atoms with Crippen molar-refractivity contribution in [1.82, 2.24) is 10.2 Å². The zero-order valence-electron chi connectivity index (χ0n) is 23.4. The number of amides is 1. The summed E-state index contributed by atoms with van der Waals surface area (Å²) < 4.78 is 6.73. The number of ketones is 1. The Morgan fingerprint density at radius 3 is 2.37 bits per heavy atom. The third-order valence-electron chi connectivity index (χ3n) is 7.05. The van der Waals surface area contributed by atoms with E-state index in [0.717, 1.165) is 16.7 Å². The number of Topliss-reactive ketones (excluding diaryl/α,β-unsaturated/α-hetero) is 1. The summed E-state index contributed by atoms with van der Waals surface area (Å²) in [4.78, 5) is 28.7. The number of rotatable bonds is 8. The first-order chi connectivity index (χ1) is 20.9. The summed E-state index contributed by atoms with van der Waals surface area (Å²) >= 11 is 2.74. The largest absolute Gasteiger partial charge is 0.507 e. The summed E-state index contributed by atoms with van der Waals surface area (Å²) in [6.45, 7) is 3.77. The molecule has 0 spiro atoms. The van der Waals surface area contributed by atoms with E-state index in [1.165, 1.54) is 28.0 Å². The van der Waals surface area contributed by atoms with Crippen molar-refractivity contribution in [1.29, 1.82) is 0 Å². The Kier molecular flexibility index (Phi) is 8.09. The van der Waals surface area contributed by atoms with Crippen molar-refractivity contribution in [3.63, 3.8) is 0 Å². The van der Waals surface area contributed by atoms with Gasteiger partial charge in [-0.3, -0.25) is 14.5 Å². The summed E-state index contributed by atoms with van der Waals surface area (Å²) in [6.07, 6.45) is 0. The maximum Gasteiger partial charge on any atom is 0.301 e. The van der Waals surface area contributed by atoms with E-state index in [0.29, 0.717) is 32.7 Å². The van der Waals surface area contributed by atoms with Crippen LogP contribution in [0.5, 0.6) is 11.5 Å². The van der Waals surface area contributed by atoms with E-state index in [1.807, 2.05) is 98.8 Å². The number of aromatic nitrogens is 2. The molecule has 1 N–H and O–H groups in total. The van der Waals surface area contributed by atoms with Gasteiger partial charge >= 0.3 is 5.91 Å². The van der Waals surface area contributed by atoms with Crippen LogP contribution in [0, 0.1) is 13.8 Å². The second-order valence-electron chi connectivity index (χ2n) is 10.1. The number of hydrogen-bond donors (Lipinski definition) is 1. The molecule has 5 aromatic rings. The number of aryl methyl sites for hydroxylation is 2. The lowest BCUT2D eigenvalue weighted by molar-refractivity contribution is -0.132. The number of aliphatic hydroxyl groups excluding tert-OH is 1. The number of hydrogen-bond acceptors (Lipinski definition) is 8. The van der Waals surface area contributed by atoms with E-state index in [2.05, 4.69) is 10.2 Å². The van der Waals surface area contributed by atoms with Crippen LogP contribution in [-0.4, -0.2) is 27.0 Å². The summed E-state index contributed by atoms with van der Waals surface area (Å²) in [6, 6.07) is 31.2. The maximum absolute atomic E-state index is 13.7. The molecule has 1 amide bonds. The fraction of sp³-hybridized carbons (Fsp3) is 0.118. The van der Waals surface area contributed by atoms with Gasteiger partial charge in [0, 0.05) is 11.3 Å². The number of anilines is 1. The molecule has 1 aromatic heterocycles. The van der Waals surface area contributed by atoms with Gasteiger partial charge in [0.1, 0.15) is 17.3 Å². The lowest BCUT2D eigenvalue weighted by Gasteiger charge is -2.23. The molecule has 2 heterocycles. The quantitative estimate of drug-likeness (QED) is 0.0633. The Labute approximate surface area is 257 Å². The number of ether oxygens (including phenoxy) is 1. The van der Waals surface area contributed by atoms with Crippen molar-refractivity contribution in [2.24, 2.45) is 0 Å². The van der Waals surface area contributed by atoms with Crippen molar-refractivity contribution < 1.29 is 19.4 Å². The molecule has 4 aromatic carbocycles. The van der Waals surface area contributed by atoms with Gasteiger partial charge in [-0.2, -0.15) is 0 Å². The molecule has 1 unspecified atom stereocenters. The number of aliphatic hydroxyl groups is 1. The summed E-state index contributed by atoms with van der Waals surface area (Å²) in [5.74, 6) is 0.0622. The predicted octanol–water partition coefficient (Wildman–Crippen LogP) is 7.87. The van der Waals surface area contributed by atoms with Gasteiger partial charge in [0.15, 0.2) is 4.34 Å². The van der Waals surface area contributed by atoms with Crippen LogP contribution in [-0.2, 0) is 15.3 Å². The van der Waals surface area contributed by atoms with Gasteiger partial charge in [0.05, 0.1) is 11.6 Å². The topological polar surface area (TPSA) is 92.6 Å². The van der Waals surface area contributed by atoms with Crippen LogP contribution in [0.25, 0.3) is 5.76 Å². The molecule has 1 atom stereocenters. The Morgan fingerprint density at radius 2 is 1.60 bits per heavy atom. The molecular weight excluding hydrogens is 579 g/mol. The van der Waals surface area contributed by atoms with E-state index in [9.17, 15) is 14.7 Å². The Bertz CT molecular complexity index is 1840. The minimum atomic E-state index is -0.945. The van der Waals surface area contributed by atoms with Crippen LogP contribution in [0.3, 0.4) is 0 Å². The highest BCUT2D eigenvalue weighted by molar-refractivity contribution is 8.00. The first kappa shape index (κ1) is 28.4. The molecule has 0 radical (unpaired) electrons. The maximum atomic E-state index is 13.7. The zero-order valence-corrected chi connectivity index (χ0v) is 25.1. The molecule has 214 valence electrons. The highest BCUT2D eigenvalue weighted by Gasteiger charge is 2.48. The molecule has 0 saturated carbocycles. The minimum Gasteiger partial charge on any atom is -0.507 e. The second-order valence-corrected chi connectivity index (χ2v) is 12.3. The third kappa shape index (κ3) is 5.95. The van der Waals surface area contributed by atoms with Crippen molar-refractivity contribution in [3.05, 3.63) is 137 Å². The van der Waals surface area contributed by atoms with Crippen LogP contribution in [0.4, 0.5) is 5.13 Å². The molecule has 7 nitrogen and oxygen atoms in total. The molecule has 0 aliphatic carbocycles. The molecule has 1 saturated heterocycles. The van der Waals surface area contributed by atoms with Gasteiger partial charge in [-0.25, -0.2) is 0 Å². The summed E-state index contributed by atoms with van der Waals surface area (Å²) in [7, 11) is 0. The molecule has 1 aliphatic rings. The van der Waals surface area contributed by atoms with Gasteiger partial charge in [-0.05, 0) is 60.9 Å². The van der Waals surface area contributed by atoms with E-state index in [1.54, 1.807) is 18.2 Å². The van der Waals surface area contributed by atoms with E-state index in [-0.39, 0.29) is 16.5 Å². The van der Waals surface area contributed by atoms with Crippen LogP contribution < -0.4 is 9.64 Å². The van der Waals surface area contributed by atoms with Crippen LogP contribution in [0.15, 0.2) is 113 Å². The van der Waals surface area contributed by atoms with Crippen molar-refractivity contribution in [3.8, 4) is 11.5 Å². The number of thioether (sulfide) groups is 1. The Balaban J connectivity index is 1.43. The fourth-order valence-corrected chi connectivity index (χ4v) is 6.75. The molecule has 9 heteroatoms. The van der Waals surface area contributed by atoms with E-state index in [4.69, 9.17) is 4.74 Å². The van der Waals surface area contributed by atoms with E-state index >= 15 is 0 Å². The molecule has 6 rings (SSSR count). The lowest BCUT2D eigenvalue weighted by atomic mass is 9.93. The fourth-order valence-electron chi connectivity index (χ4n) is 4.93. The Morgan fingerprint density at radius 1 is 0.884 bits per heavy atom. The van der Waals surface area contributed by atoms with Crippen molar-refractivity contribution in [2.75, 3.05) is 4.90 Å².